The quantitative estimate of drug-likeness (QED) is 0.715. The van der Waals surface area contributed by atoms with Gasteiger partial charge in [0.05, 0.1) is 17.0 Å². The molecule has 1 amide bonds. The molecule has 5 nitrogen and oxygen atoms in total. The van der Waals surface area contributed by atoms with Crippen LogP contribution >= 0.6 is 0 Å². The molecule has 2 aromatic carbocycles. The van der Waals surface area contributed by atoms with Gasteiger partial charge in [-0.3, -0.25) is 9.59 Å². The Hall–Kier alpha value is -2.92. The van der Waals surface area contributed by atoms with Crippen molar-refractivity contribution >= 4 is 16.9 Å². The molecule has 0 aliphatic carbocycles. The van der Waals surface area contributed by atoms with E-state index >= 15 is 0 Å². The minimum Gasteiger partial charge on any atom is -0.450 e. The number of aryl methyl sites for hydroxylation is 1. The van der Waals surface area contributed by atoms with Crippen LogP contribution in [-0.2, 0) is 0 Å². The first-order valence-electron chi connectivity index (χ1n) is 9.05. The molecule has 2 heterocycles. The summed E-state index contributed by atoms with van der Waals surface area (Å²) in [4.78, 5) is 30.2. The summed E-state index contributed by atoms with van der Waals surface area (Å²) >= 11 is 0. The number of amides is 1. The van der Waals surface area contributed by atoms with Gasteiger partial charge in [-0.2, -0.15) is 0 Å². The molecule has 0 fully saturated rings. The number of carbonyl (C=O) groups is 1. The number of hydrogen-bond acceptors (Lipinski definition) is 4. The first-order chi connectivity index (χ1) is 13.0. The molecule has 1 aliphatic heterocycles. The van der Waals surface area contributed by atoms with Gasteiger partial charge < -0.3 is 14.2 Å². The lowest BCUT2D eigenvalue weighted by Crippen LogP contribution is -2.35. The highest BCUT2D eigenvalue weighted by molar-refractivity contribution is 5.99. The van der Waals surface area contributed by atoms with E-state index in [1.54, 1.807) is 23.1 Å². The molecule has 1 aromatic heterocycles. The van der Waals surface area contributed by atoms with Crippen molar-refractivity contribution in [3.05, 3.63) is 81.2 Å². The van der Waals surface area contributed by atoms with Crippen LogP contribution in [0.1, 0.15) is 33.3 Å². The van der Waals surface area contributed by atoms with Crippen LogP contribution in [0.2, 0.25) is 0 Å². The summed E-state index contributed by atoms with van der Waals surface area (Å²) in [7, 11) is 3.93. The average Bonchev–Trinajstić information content (AvgIpc) is 2.93. The fourth-order valence-corrected chi connectivity index (χ4v) is 3.60. The summed E-state index contributed by atoms with van der Waals surface area (Å²) in [5.74, 6) is -0.0525. The zero-order valence-electron chi connectivity index (χ0n) is 15.7. The third-order valence-corrected chi connectivity index (χ3v) is 5.05. The number of fused-ring (bicyclic) bond motifs is 2. The molecule has 0 spiro atoms. The molecule has 5 heteroatoms. The second-order valence-corrected chi connectivity index (χ2v) is 7.29. The number of likely N-dealkylation sites (N-methyl/N-ethyl adjacent to an activating group) is 1. The second-order valence-electron chi connectivity index (χ2n) is 7.29. The van der Waals surface area contributed by atoms with Crippen LogP contribution in [0.15, 0.2) is 57.7 Å². The lowest BCUT2D eigenvalue weighted by molar-refractivity contribution is 0.0716. The predicted molar refractivity (Wildman–Crippen MR) is 105 cm³/mol. The maximum atomic E-state index is 13.3. The van der Waals surface area contributed by atoms with Crippen molar-refractivity contribution in [3.8, 4) is 0 Å². The molecule has 0 bridgehead atoms. The Labute approximate surface area is 157 Å². The molecular weight excluding hydrogens is 340 g/mol. The lowest BCUT2D eigenvalue weighted by Gasteiger charge is -2.26. The standard InChI is InChI=1S/C22H22N2O3/c1-14-8-10-15(11-9-14)19-18-20(25)16-6-4-5-7-17(16)27-21(18)22(26)24(19)13-12-23(2)3/h4-11,19H,12-13H2,1-3H3. The van der Waals surface area contributed by atoms with E-state index in [4.69, 9.17) is 4.42 Å². The third-order valence-electron chi connectivity index (χ3n) is 5.05. The Bertz CT molecular complexity index is 1070. The Morgan fingerprint density at radius 2 is 1.74 bits per heavy atom. The summed E-state index contributed by atoms with van der Waals surface area (Å²) < 4.78 is 5.91. The van der Waals surface area contributed by atoms with Crippen LogP contribution in [-0.4, -0.2) is 42.9 Å². The molecule has 3 aromatic rings. The normalized spacial score (nSPS) is 16.4. The van der Waals surface area contributed by atoms with Crippen LogP contribution in [0.25, 0.3) is 11.0 Å². The zero-order chi connectivity index (χ0) is 19.1. The Morgan fingerprint density at radius 1 is 1.04 bits per heavy atom. The fraction of sp³-hybridized carbons (Fsp3) is 0.273. The Kier molecular flexibility index (Phi) is 4.32. The Balaban J connectivity index is 1.93. The molecule has 0 N–H and O–H groups in total. The molecule has 1 atom stereocenters. The summed E-state index contributed by atoms with van der Waals surface area (Å²) in [6.45, 7) is 3.24. The monoisotopic (exact) mass is 362 g/mol. The predicted octanol–water partition coefficient (Wildman–Crippen LogP) is 3.21. The minimum absolute atomic E-state index is 0.127. The first kappa shape index (κ1) is 17.5. The maximum absolute atomic E-state index is 13.3. The molecule has 0 saturated carbocycles. The fourth-order valence-electron chi connectivity index (χ4n) is 3.60. The van der Waals surface area contributed by atoms with Crippen LogP contribution in [0.4, 0.5) is 0 Å². The summed E-state index contributed by atoms with van der Waals surface area (Å²) in [6.07, 6.45) is 0. The third kappa shape index (κ3) is 2.94. The number of carbonyl (C=O) groups excluding carboxylic acids is 1. The van der Waals surface area contributed by atoms with Crippen molar-refractivity contribution in [2.75, 3.05) is 27.2 Å². The largest absolute Gasteiger partial charge is 0.450 e. The number of para-hydroxylation sites is 1. The van der Waals surface area contributed by atoms with Gasteiger partial charge in [-0.25, -0.2) is 0 Å². The van der Waals surface area contributed by atoms with Crippen molar-refractivity contribution in [3.63, 3.8) is 0 Å². The zero-order valence-corrected chi connectivity index (χ0v) is 15.7. The summed E-state index contributed by atoms with van der Waals surface area (Å²) in [5, 5.41) is 0.510. The van der Waals surface area contributed by atoms with E-state index in [1.165, 1.54) is 0 Å². The van der Waals surface area contributed by atoms with Crippen LogP contribution in [0.5, 0.6) is 0 Å². The van der Waals surface area contributed by atoms with E-state index in [0.29, 0.717) is 29.6 Å². The van der Waals surface area contributed by atoms with Gasteiger partial charge in [-0.1, -0.05) is 42.0 Å². The average molecular weight is 362 g/mol. The lowest BCUT2D eigenvalue weighted by atomic mass is 9.98. The van der Waals surface area contributed by atoms with Crippen molar-refractivity contribution in [2.24, 2.45) is 0 Å². The van der Waals surface area contributed by atoms with Crippen LogP contribution in [0, 0.1) is 6.92 Å². The second kappa shape index (κ2) is 6.67. The van der Waals surface area contributed by atoms with E-state index in [-0.39, 0.29) is 17.1 Å². The van der Waals surface area contributed by atoms with Crippen molar-refractivity contribution in [1.82, 2.24) is 9.80 Å². The SMILES string of the molecule is Cc1ccc(C2c3c(oc4ccccc4c3=O)C(=O)N2CCN(C)C)cc1. The van der Waals surface area contributed by atoms with Gasteiger partial charge in [0.1, 0.15) is 5.58 Å². The number of nitrogens with zero attached hydrogens (tertiary/aromatic N) is 2. The molecule has 4 rings (SSSR count). The molecule has 1 aliphatic rings. The van der Waals surface area contributed by atoms with Gasteiger partial charge in [0.15, 0.2) is 5.43 Å². The van der Waals surface area contributed by atoms with Crippen LogP contribution < -0.4 is 5.43 Å². The highest BCUT2D eigenvalue weighted by Crippen LogP contribution is 2.37. The molecule has 27 heavy (non-hydrogen) atoms. The molecule has 1 unspecified atom stereocenters. The van der Waals surface area contributed by atoms with Crippen molar-refractivity contribution < 1.29 is 9.21 Å². The molecular formula is C22H22N2O3. The Morgan fingerprint density at radius 3 is 2.44 bits per heavy atom. The number of benzene rings is 2. The minimum atomic E-state index is -0.422. The van der Waals surface area contributed by atoms with Crippen LogP contribution in [0.3, 0.4) is 0 Å². The molecule has 0 saturated heterocycles. The van der Waals surface area contributed by atoms with Gasteiger partial charge >= 0.3 is 0 Å². The topological polar surface area (TPSA) is 53.8 Å². The smallest absolute Gasteiger partial charge is 0.290 e. The first-order valence-corrected chi connectivity index (χ1v) is 9.05. The number of rotatable bonds is 4. The maximum Gasteiger partial charge on any atom is 0.290 e. The molecule has 0 radical (unpaired) electrons. The van der Waals surface area contributed by atoms with Gasteiger partial charge in [0, 0.05) is 13.1 Å². The van der Waals surface area contributed by atoms with Gasteiger partial charge in [0.25, 0.3) is 5.91 Å². The molecule has 138 valence electrons. The van der Waals surface area contributed by atoms with Crippen molar-refractivity contribution in [2.45, 2.75) is 13.0 Å². The highest BCUT2D eigenvalue weighted by Gasteiger charge is 2.42. The van der Waals surface area contributed by atoms with Gasteiger partial charge in [0.2, 0.25) is 5.76 Å². The van der Waals surface area contributed by atoms with E-state index in [9.17, 15) is 9.59 Å². The van der Waals surface area contributed by atoms with Gasteiger partial charge in [-0.05, 0) is 38.7 Å². The van der Waals surface area contributed by atoms with E-state index in [1.807, 2.05) is 56.3 Å². The van der Waals surface area contributed by atoms with Gasteiger partial charge in [-0.15, -0.1) is 0 Å². The summed E-state index contributed by atoms with van der Waals surface area (Å²) in [6, 6.07) is 14.7. The number of hydrogen-bond donors (Lipinski definition) is 0. The van der Waals surface area contributed by atoms with E-state index in [0.717, 1.165) is 11.1 Å². The highest BCUT2D eigenvalue weighted by atomic mass is 16.3. The summed E-state index contributed by atoms with van der Waals surface area (Å²) in [5.41, 5.74) is 2.83. The van der Waals surface area contributed by atoms with E-state index in [2.05, 4.69) is 0 Å². The van der Waals surface area contributed by atoms with E-state index < -0.39 is 6.04 Å². The van der Waals surface area contributed by atoms with Crippen molar-refractivity contribution in [1.29, 1.82) is 0 Å².